The first kappa shape index (κ1) is 65.0. The summed E-state index contributed by atoms with van der Waals surface area (Å²) in [7, 11) is 0. The van der Waals surface area contributed by atoms with E-state index in [0.29, 0.717) is 0 Å². The fraction of sp³-hybridized carbons (Fsp3) is 0.0381. The number of fused-ring (bicyclic) bond motifs is 15. The molecule has 0 aliphatic heterocycles. The van der Waals surface area contributed by atoms with Crippen molar-refractivity contribution in [1.82, 2.24) is 14.1 Å². The molecule has 2 aliphatic carbocycles. The highest BCUT2D eigenvalue weighted by Gasteiger charge is 2.46. The highest BCUT2D eigenvalue weighted by Crippen LogP contribution is 2.58. The van der Waals surface area contributed by atoms with Crippen LogP contribution in [-0.2, 0) is 10.8 Å². The zero-order valence-corrected chi connectivity index (χ0v) is 61.3. The summed E-state index contributed by atoms with van der Waals surface area (Å²) in [6.45, 7) is 4.69. The van der Waals surface area contributed by atoms with E-state index in [1.165, 1.54) is 116 Å². The van der Waals surface area contributed by atoms with Crippen molar-refractivity contribution in [3.05, 3.63) is 440 Å². The topological polar surface area (TPSA) is 42.4 Å². The molecule has 2 aliphatic rings. The van der Waals surface area contributed by atoms with Gasteiger partial charge >= 0.3 is 0 Å². The number of anilines is 6. The summed E-state index contributed by atoms with van der Waals surface area (Å²) in [6.07, 6.45) is 3.74. The van der Waals surface area contributed by atoms with Crippen LogP contribution >= 0.6 is 0 Å². The highest BCUT2D eigenvalue weighted by atomic mass is 16.3. The SMILES string of the molecule is CC1(C)c2ccccc2-c2ccc(N(c3ccc(-c4cccnc4)cc3)c3ccc(-c4ccc5c(c4)c4ccccc4n5-c4ccccc4)cc3)cc21.c1ccc(-n2c3ccccc3c3cc(N(c4ccc5c(c4)C(c4ccccc4)(c4ccccc4)c4ccccc4-5)c4ccc5c(c4)oc4ccccc45)ccc32)cc1. The average Bonchev–Trinajstić information content (AvgIpc) is 1.54. The molecule has 0 spiro atoms. The lowest BCUT2D eigenvalue weighted by atomic mass is 9.67. The van der Waals surface area contributed by atoms with E-state index in [0.717, 1.165) is 72.9 Å². The van der Waals surface area contributed by atoms with Crippen molar-refractivity contribution in [3.8, 4) is 55.9 Å². The van der Waals surface area contributed by atoms with Crippen molar-refractivity contribution < 1.29 is 4.42 Å². The first-order chi connectivity index (χ1) is 54.8. The van der Waals surface area contributed by atoms with Crippen LogP contribution in [0.25, 0.3) is 121 Å². The van der Waals surface area contributed by atoms with Crippen LogP contribution in [-0.4, -0.2) is 14.1 Å². The summed E-state index contributed by atoms with van der Waals surface area (Å²) in [5.74, 6) is 0. The second-order valence-electron chi connectivity index (χ2n) is 29.8. The largest absolute Gasteiger partial charge is 0.456 e. The van der Waals surface area contributed by atoms with Gasteiger partial charge in [-0.25, -0.2) is 0 Å². The fourth-order valence-corrected chi connectivity index (χ4v) is 18.3. The van der Waals surface area contributed by atoms with Crippen molar-refractivity contribution in [1.29, 1.82) is 0 Å². The maximum absolute atomic E-state index is 6.53. The Kier molecular flexibility index (Phi) is 15.4. The Morgan fingerprint density at radius 3 is 1.29 bits per heavy atom. The maximum atomic E-state index is 6.53. The quantitative estimate of drug-likeness (QED) is 0.122. The van der Waals surface area contributed by atoms with Crippen LogP contribution in [0.5, 0.6) is 0 Å². The van der Waals surface area contributed by atoms with Gasteiger partial charge in [-0.05, 0) is 217 Å². The van der Waals surface area contributed by atoms with Gasteiger partial charge in [0.05, 0.1) is 27.5 Å². The van der Waals surface area contributed by atoms with Crippen LogP contribution in [0.2, 0.25) is 0 Å². The Morgan fingerprint density at radius 1 is 0.261 bits per heavy atom. The lowest BCUT2D eigenvalue weighted by molar-refractivity contribution is 0.660. The Balaban J connectivity index is 0.000000141. The molecule has 0 radical (unpaired) electrons. The lowest BCUT2D eigenvalue weighted by Crippen LogP contribution is -2.28. The summed E-state index contributed by atoms with van der Waals surface area (Å²) in [5.41, 5.74) is 32.3. The van der Waals surface area contributed by atoms with E-state index in [2.05, 4.69) is 414 Å². The van der Waals surface area contributed by atoms with Gasteiger partial charge in [0.2, 0.25) is 0 Å². The van der Waals surface area contributed by atoms with Crippen molar-refractivity contribution in [2.75, 3.05) is 9.80 Å². The molecule has 22 rings (SSSR count). The third-order valence-electron chi connectivity index (χ3n) is 23.3. The minimum absolute atomic E-state index is 0.0933. The number of aromatic nitrogens is 3. The first-order valence-electron chi connectivity index (χ1n) is 38.2. The molecule has 0 amide bonds. The van der Waals surface area contributed by atoms with Gasteiger partial charge in [-0.1, -0.05) is 263 Å². The molecular formula is C105H73N5O. The number of furan rings is 1. The third kappa shape index (κ3) is 10.6. The molecule has 6 nitrogen and oxygen atoms in total. The molecule has 0 saturated carbocycles. The van der Waals surface area contributed by atoms with Crippen LogP contribution < -0.4 is 9.80 Å². The van der Waals surface area contributed by atoms with Gasteiger partial charge in [0.25, 0.3) is 0 Å². The summed E-state index contributed by atoms with van der Waals surface area (Å²) >= 11 is 0. The predicted octanol–water partition coefficient (Wildman–Crippen LogP) is 27.8. The highest BCUT2D eigenvalue weighted by molar-refractivity contribution is 6.13. The minimum atomic E-state index is -0.522. The normalized spacial score (nSPS) is 12.9. The van der Waals surface area contributed by atoms with Crippen LogP contribution in [0.1, 0.15) is 47.2 Å². The van der Waals surface area contributed by atoms with Gasteiger partial charge in [0.1, 0.15) is 11.2 Å². The third-order valence-corrected chi connectivity index (χ3v) is 23.3. The molecule has 0 unspecified atom stereocenters. The van der Waals surface area contributed by atoms with E-state index in [1.54, 1.807) is 0 Å². The molecule has 524 valence electrons. The smallest absolute Gasteiger partial charge is 0.137 e. The number of pyridine rings is 1. The van der Waals surface area contributed by atoms with E-state index < -0.39 is 5.41 Å². The number of nitrogens with zero attached hydrogens (tertiary/aromatic N) is 5. The number of hydrogen-bond acceptors (Lipinski definition) is 4. The van der Waals surface area contributed by atoms with Crippen LogP contribution in [0.3, 0.4) is 0 Å². The molecule has 6 heteroatoms. The maximum Gasteiger partial charge on any atom is 0.137 e. The monoisotopic (exact) mass is 1420 g/mol. The van der Waals surface area contributed by atoms with E-state index in [-0.39, 0.29) is 5.41 Å². The van der Waals surface area contributed by atoms with Crippen molar-refractivity contribution >= 4 is 99.7 Å². The molecule has 4 heterocycles. The number of rotatable bonds is 12. The summed E-state index contributed by atoms with van der Waals surface area (Å²) in [4.78, 5) is 9.14. The Bertz CT molecular complexity index is 6920. The Labute approximate surface area is 644 Å². The summed E-state index contributed by atoms with van der Waals surface area (Å²) in [5, 5.41) is 7.15. The van der Waals surface area contributed by atoms with Crippen LogP contribution in [0.15, 0.2) is 411 Å². The predicted molar refractivity (Wildman–Crippen MR) is 462 cm³/mol. The van der Waals surface area contributed by atoms with Crippen LogP contribution in [0, 0.1) is 0 Å². The van der Waals surface area contributed by atoms with E-state index in [1.807, 2.05) is 30.6 Å². The molecule has 0 N–H and O–H groups in total. The summed E-state index contributed by atoms with van der Waals surface area (Å²) in [6, 6.07) is 143. The van der Waals surface area contributed by atoms with Gasteiger partial charge in [-0.15, -0.1) is 0 Å². The van der Waals surface area contributed by atoms with Gasteiger partial charge < -0.3 is 23.4 Å². The number of para-hydroxylation sites is 5. The van der Waals surface area contributed by atoms with E-state index >= 15 is 0 Å². The van der Waals surface area contributed by atoms with E-state index in [9.17, 15) is 0 Å². The molecule has 20 aromatic rings. The summed E-state index contributed by atoms with van der Waals surface area (Å²) < 4.78 is 11.3. The standard InChI is InChI=1S/C55H36N2O.C50H37N3/c1-4-16-37(17-5-1)55(38-18-6-2-7-19-38)49-25-13-10-22-43(49)44-31-28-41(35-50(44)55)56(42-29-32-47-46-24-12-15-27-53(46)58-54(47)36-42)40-30-33-52-48(34-40)45-23-11-14-26-51(45)57(52)39-20-8-3-9-21-39;1-50(2)46-16-8-6-14-42(46)43-28-27-41(32-47(43)50)52(40-25-20-35(21-26-40)37-11-10-30-51-33-37)39-23-18-34(19-24-39)36-22-29-49-45(31-36)44-15-7-9-17-48(44)53(49)38-12-4-3-5-13-38/h1-36H;3-33H,1-2H3. The average molecular weight is 1420 g/mol. The fourth-order valence-electron chi connectivity index (χ4n) is 18.3. The van der Waals surface area contributed by atoms with Gasteiger partial charge in [-0.3, -0.25) is 4.98 Å². The molecule has 0 saturated heterocycles. The first-order valence-corrected chi connectivity index (χ1v) is 38.2. The Hall–Kier alpha value is -14.3. The second kappa shape index (κ2) is 26.3. The zero-order chi connectivity index (χ0) is 73.7. The van der Waals surface area contributed by atoms with Gasteiger partial charge in [0.15, 0.2) is 0 Å². The molecule has 0 atom stereocenters. The van der Waals surface area contributed by atoms with Gasteiger partial charge in [-0.2, -0.15) is 0 Å². The number of hydrogen-bond donors (Lipinski definition) is 0. The zero-order valence-electron chi connectivity index (χ0n) is 61.3. The van der Waals surface area contributed by atoms with Crippen molar-refractivity contribution in [2.45, 2.75) is 24.7 Å². The van der Waals surface area contributed by atoms with Crippen LogP contribution in [0.4, 0.5) is 34.1 Å². The molecule has 16 aromatic carbocycles. The Morgan fingerprint density at radius 2 is 0.676 bits per heavy atom. The molecule has 0 bridgehead atoms. The van der Waals surface area contributed by atoms with Crippen molar-refractivity contribution in [2.24, 2.45) is 0 Å². The minimum Gasteiger partial charge on any atom is -0.456 e. The van der Waals surface area contributed by atoms with Crippen molar-refractivity contribution in [3.63, 3.8) is 0 Å². The molecule has 4 aromatic heterocycles. The lowest BCUT2D eigenvalue weighted by Gasteiger charge is -2.35. The molecular weight excluding hydrogens is 1350 g/mol. The molecule has 111 heavy (non-hydrogen) atoms. The van der Waals surface area contributed by atoms with Gasteiger partial charge in [0, 0.05) is 102 Å². The molecule has 0 fully saturated rings. The second-order valence-corrected chi connectivity index (χ2v) is 29.8. The number of benzene rings is 16. The van der Waals surface area contributed by atoms with E-state index in [4.69, 9.17) is 4.42 Å².